The first-order chi connectivity index (χ1) is 11.2. The number of piperidine rings is 1. The number of anilines is 1. The molecule has 0 N–H and O–H groups in total. The molecule has 1 aromatic heterocycles. The standard InChI is InChI=1S/C17H23ClFN3O2/c1-16(2,3)24-15(23)22-10-17(11-22)4-6-21(7-5-17)14-13(19)8-12(18)9-20-14/h8-9H,4-7,10-11H2,1-3H3. The van der Waals surface area contributed by atoms with Crippen LogP contribution in [0.25, 0.3) is 0 Å². The Kier molecular flexibility index (Phi) is 4.36. The zero-order valence-corrected chi connectivity index (χ0v) is 15.1. The average molecular weight is 356 g/mol. The van der Waals surface area contributed by atoms with E-state index in [0.29, 0.717) is 23.9 Å². The highest BCUT2D eigenvalue weighted by Gasteiger charge is 2.48. The molecule has 3 rings (SSSR count). The molecule has 1 aromatic rings. The van der Waals surface area contributed by atoms with Crippen LogP contribution in [0.3, 0.4) is 0 Å². The van der Waals surface area contributed by atoms with Crippen LogP contribution in [0, 0.1) is 11.2 Å². The highest BCUT2D eigenvalue weighted by molar-refractivity contribution is 6.30. The molecule has 0 radical (unpaired) electrons. The van der Waals surface area contributed by atoms with Crippen LogP contribution in [0.1, 0.15) is 33.6 Å². The third-order valence-electron chi connectivity index (χ3n) is 4.62. The highest BCUT2D eigenvalue weighted by Crippen LogP contribution is 2.42. The summed E-state index contributed by atoms with van der Waals surface area (Å²) in [6, 6.07) is 1.29. The number of pyridine rings is 1. The first-order valence-electron chi connectivity index (χ1n) is 8.21. The molecular formula is C17H23ClFN3O2. The van der Waals surface area contributed by atoms with E-state index in [9.17, 15) is 9.18 Å². The third-order valence-corrected chi connectivity index (χ3v) is 4.82. The molecule has 0 aliphatic carbocycles. The lowest BCUT2D eigenvalue weighted by Crippen LogP contribution is -2.62. The van der Waals surface area contributed by atoms with Crippen LogP contribution < -0.4 is 4.90 Å². The summed E-state index contributed by atoms with van der Waals surface area (Å²) >= 11 is 5.75. The number of ether oxygens (including phenoxy) is 1. The van der Waals surface area contributed by atoms with E-state index in [-0.39, 0.29) is 17.3 Å². The van der Waals surface area contributed by atoms with E-state index in [1.165, 1.54) is 12.3 Å². The smallest absolute Gasteiger partial charge is 0.410 e. The Balaban J connectivity index is 1.54. The van der Waals surface area contributed by atoms with Crippen LogP contribution in [-0.4, -0.2) is 47.8 Å². The molecule has 0 aromatic carbocycles. The number of aromatic nitrogens is 1. The number of hydrogen-bond donors (Lipinski definition) is 0. The fourth-order valence-corrected chi connectivity index (χ4v) is 3.51. The minimum absolute atomic E-state index is 0.135. The van der Waals surface area contributed by atoms with Gasteiger partial charge in [-0.3, -0.25) is 0 Å². The zero-order valence-electron chi connectivity index (χ0n) is 14.3. The Morgan fingerprint density at radius 2 is 1.96 bits per heavy atom. The molecule has 0 saturated carbocycles. The maximum Gasteiger partial charge on any atom is 0.410 e. The van der Waals surface area contributed by atoms with Gasteiger partial charge in [0.15, 0.2) is 11.6 Å². The molecule has 132 valence electrons. The quantitative estimate of drug-likeness (QED) is 0.770. The molecular weight excluding hydrogens is 333 g/mol. The van der Waals surface area contributed by atoms with Crippen molar-refractivity contribution in [3.05, 3.63) is 23.1 Å². The van der Waals surface area contributed by atoms with Gasteiger partial charge in [-0.25, -0.2) is 14.2 Å². The van der Waals surface area contributed by atoms with E-state index in [1.807, 2.05) is 25.7 Å². The summed E-state index contributed by atoms with van der Waals surface area (Å²) in [6.45, 7) is 8.49. The second kappa shape index (κ2) is 6.06. The van der Waals surface area contributed by atoms with E-state index in [2.05, 4.69) is 4.98 Å². The van der Waals surface area contributed by atoms with Crippen molar-refractivity contribution in [3.8, 4) is 0 Å². The monoisotopic (exact) mass is 355 g/mol. The van der Waals surface area contributed by atoms with E-state index < -0.39 is 5.60 Å². The Morgan fingerprint density at radius 1 is 1.33 bits per heavy atom. The first kappa shape index (κ1) is 17.3. The van der Waals surface area contributed by atoms with Crippen molar-refractivity contribution < 1.29 is 13.9 Å². The molecule has 0 unspecified atom stereocenters. The van der Waals surface area contributed by atoms with Crippen LogP contribution in [0.2, 0.25) is 5.02 Å². The van der Waals surface area contributed by atoms with Crippen LogP contribution in [0.15, 0.2) is 12.3 Å². The van der Waals surface area contributed by atoms with Crippen molar-refractivity contribution in [1.29, 1.82) is 0 Å². The molecule has 2 aliphatic rings. The predicted octanol–water partition coefficient (Wildman–Crippen LogP) is 3.71. The third kappa shape index (κ3) is 3.58. The molecule has 0 atom stereocenters. The summed E-state index contributed by atoms with van der Waals surface area (Å²) in [6.07, 6.45) is 3.05. The van der Waals surface area contributed by atoms with Crippen molar-refractivity contribution in [2.45, 2.75) is 39.2 Å². The van der Waals surface area contributed by atoms with Gasteiger partial charge >= 0.3 is 6.09 Å². The van der Waals surface area contributed by atoms with Crippen LogP contribution >= 0.6 is 11.6 Å². The van der Waals surface area contributed by atoms with Crippen LogP contribution in [0.5, 0.6) is 0 Å². The van der Waals surface area contributed by atoms with Gasteiger partial charge < -0.3 is 14.5 Å². The predicted molar refractivity (Wildman–Crippen MR) is 90.9 cm³/mol. The number of carbonyl (C=O) groups is 1. The Bertz CT molecular complexity index is 631. The van der Waals surface area contributed by atoms with Gasteiger partial charge in [0.1, 0.15) is 5.60 Å². The van der Waals surface area contributed by atoms with Crippen LogP contribution in [-0.2, 0) is 4.74 Å². The van der Waals surface area contributed by atoms with E-state index >= 15 is 0 Å². The fraction of sp³-hybridized carbons (Fsp3) is 0.647. The first-order valence-corrected chi connectivity index (χ1v) is 8.59. The highest BCUT2D eigenvalue weighted by atomic mass is 35.5. The van der Waals surface area contributed by atoms with Gasteiger partial charge in [0, 0.05) is 37.8 Å². The van der Waals surface area contributed by atoms with Gasteiger partial charge in [-0.2, -0.15) is 0 Å². The molecule has 24 heavy (non-hydrogen) atoms. The molecule has 2 aliphatic heterocycles. The summed E-state index contributed by atoms with van der Waals surface area (Å²) < 4.78 is 19.4. The van der Waals surface area contributed by atoms with Gasteiger partial charge in [0.25, 0.3) is 0 Å². The molecule has 0 bridgehead atoms. The molecule has 1 spiro atoms. The number of carbonyl (C=O) groups excluding carboxylic acids is 1. The van der Waals surface area contributed by atoms with Crippen molar-refractivity contribution >= 4 is 23.5 Å². The average Bonchev–Trinajstić information content (AvgIpc) is 2.43. The topological polar surface area (TPSA) is 45.7 Å². The maximum atomic E-state index is 14.0. The molecule has 5 nitrogen and oxygen atoms in total. The second-order valence-corrected chi connectivity index (χ2v) is 8.22. The zero-order chi connectivity index (χ0) is 17.5. The molecule has 2 fully saturated rings. The number of amides is 1. The minimum atomic E-state index is -0.471. The lowest BCUT2D eigenvalue weighted by Gasteiger charge is -2.53. The van der Waals surface area contributed by atoms with Gasteiger partial charge in [-0.1, -0.05) is 11.6 Å². The SMILES string of the molecule is CC(C)(C)OC(=O)N1CC2(CCN(c3ncc(Cl)cc3F)CC2)C1. The van der Waals surface area contributed by atoms with Crippen molar-refractivity contribution in [3.63, 3.8) is 0 Å². The van der Waals surface area contributed by atoms with Gasteiger partial charge in [0.2, 0.25) is 0 Å². The molecule has 7 heteroatoms. The molecule has 3 heterocycles. The van der Waals surface area contributed by atoms with Crippen LogP contribution in [0.4, 0.5) is 15.0 Å². The van der Waals surface area contributed by atoms with Crippen molar-refractivity contribution in [1.82, 2.24) is 9.88 Å². The van der Waals surface area contributed by atoms with Gasteiger partial charge in [-0.15, -0.1) is 0 Å². The Labute approximate surface area is 146 Å². The lowest BCUT2D eigenvalue weighted by atomic mass is 9.72. The molecule has 2 saturated heterocycles. The van der Waals surface area contributed by atoms with E-state index in [4.69, 9.17) is 16.3 Å². The maximum absolute atomic E-state index is 14.0. The van der Waals surface area contributed by atoms with Crippen molar-refractivity contribution in [2.24, 2.45) is 5.41 Å². The van der Waals surface area contributed by atoms with E-state index in [1.54, 1.807) is 4.90 Å². The largest absolute Gasteiger partial charge is 0.444 e. The fourth-order valence-electron chi connectivity index (χ4n) is 3.37. The normalized spacial score (nSPS) is 20.0. The minimum Gasteiger partial charge on any atom is -0.444 e. The summed E-state index contributed by atoms with van der Waals surface area (Å²) in [5.74, 6) is -0.0278. The van der Waals surface area contributed by atoms with E-state index in [0.717, 1.165) is 25.9 Å². The summed E-state index contributed by atoms with van der Waals surface area (Å²) in [4.78, 5) is 19.9. The molecule has 1 amide bonds. The van der Waals surface area contributed by atoms with Gasteiger partial charge in [0.05, 0.1) is 5.02 Å². The second-order valence-electron chi connectivity index (χ2n) is 7.78. The number of rotatable bonds is 1. The van der Waals surface area contributed by atoms with Gasteiger partial charge in [-0.05, 0) is 39.7 Å². The number of nitrogens with zero attached hydrogens (tertiary/aromatic N) is 3. The summed E-state index contributed by atoms with van der Waals surface area (Å²) in [5, 5.41) is 0.303. The summed E-state index contributed by atoms with van der Waals surface area (Å²) in [5.41, 5.74) is -0.336. The number of halogens is 2. The Morgan fingerprint density at radius 3 is 2.50 bits per heavy atom. The lowest BCUT2D eigenvalue weighted by molar-refractivity contribution is -0.0435. The summed E-state index contributed by atoms with van der Waals surface area (Å²) in [7, 11) is 0. The Hall–Kier alpha value is -1.56. The number of hydrogen-bond acceptors (Lipinski definition) is 4. The number of likely N-dealkylation sites (tertiary alicyclic amines) is 1. The van der Waals surface area contributed by atoms with Crippen molar-refractivity contribution in [2.75, 3.05) is 31.1 Å².